The normalized spacial score (nSPS) is 12.7. The molecule has 0 radical (unpaired) electrons. The number of aromatic nitrogens is 2. The molecule has 2 aromatic heterocycles. The van der Waals surface area contributed by atoms with Crippen molar-refractivity contribution in [3.05, 3.63) is 41.9 Å². The summed E-state index contributed by atoms with van der Waals surface area (Å²) in [5.41, 5.74) is 3.43. The van der Waals surface area contributed by atoms with Crippen LogP contribution in [-0.2, 0) is 16.6 Å². The van der Waals surface area contributed by atoms with Crippen molar-refractivity contribution in [2.45, 2.75) is 17.8 Å². The number of nitrogens with zero attached hydrogens (tertiary/aromatic N) is 1. The Kier molecular flexibility index (Phi) is 3.31. The van der Waals surface area contributed by atoms with Crippen molar-refractivity contribution in [2.24, 2.45) is 0 Å². The molecule has 3 aromatic rings. The molecule has 104 valence electrons. The van der Waals surface area contributed by atoms with Gasteiger partial charge >= 0.3 is 0 Å². The zero-order valence-electron chi connectivity index (χ0n) is 11.2. The number of hydrogen-bond donors (Lipinski definition) is 1. The number of hydrogen-bond acceptors (Lipinski definition) is 4. The first-order valence-electron chi connectivity index (χ1n) is 6.12. The fraction of sp³-hybridized carbons (Fsp3) is 0.214. The van der Waals surface area contributed by atoms with Gasteiger partial charge in [-0.1, -0.05) is 6.07 Å². The van der Waals surface area contributed by atoms with Crippen LogP contribution in [0.5, 0.6) is 5.75 Å². The van der Waals surface area contributed by atoms with E-state index in [9.17, 15) is 4.21 Å². The molecular formula is C14H14N2O3S. The predicted octanol–water partition coefficient (Wildman–Crippen LogP) is 2.78. The highest BCUT2D eigenvalue weighted by Gasteiger charge is 2.14. The largest absolute Gasteiger partial charge is 0.494 e. The Balaban J connectivity index is 1.94. The number of methoxy groups -OCH3 is 1. The average molecular weight is 290 g/mol. The van der Waals surface area contributed by atoms with Gasteiger partial charge in [0.15, 0.2) is 5.16 Å². The summed E-state index contributed by atoms with van der Waals surface area (Å²) >= 11 is 0. The Morgan fingerprint density at radius 2 is 2.25 bits per heavy atom. The maximum absolute atomic E-state index is 12.4. The smallest absolute Gasteiger partial charge is 0.197 e. The van der Waals surface area contributed by atoms with Crippen LogP contribution in [0, 0.1) is 6.92 Å². The van der Waals surface area contributed by atoms with Crippen LogP contribution in [0.4, 0.5) is 0 Å². The summed E-state index contributed by atoms with van der Waals surface area (Å²) < 4.78 is 22.7. The Morgan fingerprint density at radius 3 is 2.95 bits per heavy atom. The van der Waals surface area contributed by atoms with Gasteiger partial charge in [-0.25, -0.2) is 4.98 Å². The van der Waals surface area contributed by atoms with Crippen LogP contribution in [0.15, 0.2) is 40.3 Å². The lowest BCUT2D eigenvalue weighted by atomic mass is 10.2. The fourth-order valence-corrected chi connectivity index (χ4v) is 3.13. The number of H-pyrrole nitrogens is 1. The van der Waals surface area contributed by atoms with Crippen LogP contribution in [0.1, 0.15) is 11.1 Å². The molecule has 0 aliphatic heterocycles. The second-order valence-electron chi connectivity index (χ2n) is 4.47. The van der Waals surface area contributed by atoms with Gasteiger partial charge in [0.2, 0.25) is 0 Å². The van der Waals surface area contributed by atoms with Gasteiger partial charge in [0, 0.05) is 5.56 Å². The SMILES string of the molecule is COc1cccc2[nH]c(S(=O)Cc3cocc3C)nc12. The second-order valence-corrected chi connectivity index (χ2v) is 5.83. The zero-order chi connectivity index (χ0) is 14.1. The quantitative estimate of drug-likeness (QED) is 0.802. The molecule has 0 fully saturated rings. The van der Waals surface area contributed by atoms with Crippen molar-refractivity contribution in [1.29, 1.82) is 0 Å². The minimum Gasteiger partial charge on any atom is -0.494 e. The summed E-state index contributed by atoms with van der Waals surface area (Å²) in [7, 11) is 0.344. The lowest BCUT2D eigenvalue weighted by molar-refractivity contribution is 0.419. The third-order valence-corrected chi connectivity index (χ3v) is 4.34. The number of benzene rings is 1. The van der Waals surface area contributed by atoms with E-state index in [0.29, 0.717) is 22.2 Å². The van der Waals surface area contributed by atoms with E-state index in [1.807, 2.05) is 25.1 Å². The number of rotatable bonds is 4. The molecule has 5 nitrogen and oxygen atoms in total. The number of para-hydroxylation sites is 1. The molecule has 0 spiro atoms. The van der Waals surface area contributed by atoms with E-state index < -0.39 is 10.8 Å². The summed E-state index contributed by atoms with van der Waals surface area (Å²) in [4.78, 5) is 7.46. The molecule has 0 saturated carbocycles. The van der Waals surface area contributed by atoms with Gasteiger partial charge in [-0.3, -0.25) is 4.21 Å². The minimum absolute atomic E-state index is 0.379. The van der Waals surface area contributed by atoms with Crippen molar-refractivity contribution < 1.29 is 13.4 Å². The molecule has 2 heterocycles. The highest BCUT2D eigenvalue weighted by Crippen LogP contribution is 2.24. The topological polar surface area (TPSA) is 68.1 Å². The van der Waals surface area contributed by atoms with E-state index in [1.165, 1.54) is 0 Å². The lowest BCUT2D eigenvalue weighted by Gasteiger charge is -1.98. The molecule has 1 atom stereocenters. The molecule has 1 unspecified atom stereocenters. The third kappa shape index (κ3) is 2.22. The van der Waals surface area contributed by atoms with Crippen molar-refractivity contribution in [3.63, 3.8) is 0 Å². The summed E-state index contributed by atoms with van der Waals surface area (Å²) in [6, 6.07) is 5.58. The number of imidazole rings is 1. The number of nitrogens with one attached hydrogen (secondary N) is 1. The first-order chi connectivity index (χ1) is 9.69. The Hall–Kier alpha value is -2.08. The van der Waals surface area contributed by atoms with E-state index >= 15 is 0 Å². The summed E-state index contributed by atoms with van der Waals surface area (Å²) in [5, 5.41) is 0.449. The van der Waals surface area contributed by atoms with Gasteiger partial charge in [0.1, 0.15) is 11.3 Å². The van der Waals surface area contributed by atoms with Gasteiger partial charge in [-0.15, -0.1) is 0 Å². The van der Waals surface area contributed by atoms with Crippen LogP contribution >= 0.6 is 0 Å². The summed E-state index contributed by atoms with van der Waals surface area (Å²) in [6.45, 7) is 1.93. The highest BCUT2D eigenvalue weighted by atomic mass is 32.2. The summed E-state index contributed by atoms with van der Waals surface area (Å²) in [6.07, 6.45) is 3.27. The number of aryl methyl sites for hydroxylation is 1. The highest BCUT2D eigenvalue weighted by molar-refractivity contribution is 7.84. The van der Waals surface area contributed by atoms with Crippen LogP contribution in [-0.4, -0.2) is 21.3 Å². The van der Waals surface area contributed by atoms with Crippen LogP contribution in [0.3, 0.4) is 0 Å². The van der Waals surface area contributed by atoms with Gasteiger partial charge in [0.25, 0.3) is 0 Å². The van der Waals surface area contributed by atoms with Gasteiger partial charge in [-0.2, -0.15) is 0 Å². The monoisotopic (exact) mass is 290 g/mol. The van der Waals surface area contributed by atoms with E-state index in [-0.39, 0.29) is 0 Å². The number of fused-ring (bicyclic) bond motifs is 1. The first-order valence-corrected chi connectivity index (χ1v) is 7.43. The second kappa shape index (κ2) is 5.13. The lowest BCUT2D eigenvalue weighted by Crippen LogP contribution is -1.98. The molecule has 3 rings (SSSR count). The standard InChI is InChI=1S/C14H14N2O3S/c1-9-6-19-7-10(9)8-20(17)14-15-11-4-3-5-12(18-2)13(11)16-14/h3-7H,8H2,1-2H3,(H,15,16). The maximum Gasteiger partial charge on any atom is 0.197 e. The van der Waals surface area contributed by atoms with Crippen molar-refractivity contribution >= 4 is 21.8 Å². The van der Waals surface area contributed by atoms with Crippen LogP contribution in [0.25, 0.3) is 11.0 Å². The Labute approximate surface area is 118 Å². The number of ether oxygens (including phenoxy) is 1. The van der Waals surface area contributed by atoms with Crippen molar-refractivity contribution in [3.8, 4) is 5.75 Å². The van der Waals surface area contributed by atoms with Crippen LogP contribution in [0.2, 0.25) is 0 Å². The molecule has 0 aliphatic carbocycles. The zero-order valence-corrected chi connectivity index (χ0v) is 12.0. The predicted molar refractivity (Wildman–Crippen MR) is 76.2 cm³/mol. The fourth-order valence-electron chi connectivity index (χ4n) is 2.00. The van der Waals surface area contributed by atoms with E-state index in [1.54, 1.807) is 19.6 Å². The molecular weight excluding hydrogens is 276 g/mol. The Morgan fingerprint density at radius 1 is 1.40 bits per heavy atom. The van der Waals surface area contributed by atoms with E-state index in [2.05, 4.69) is 9.97 Å². The van der Waals surface area contributed by atoms with Gasteiger partial charge in [-0.05, 0) is 24.6 Å². The van der Waals surface area contributed by atoms with E-state index in [0.717, 1.165) is 16.6 Å². The molecule has 1 N–H and O–H groups in total. The Bertz CT molecular complexity index is 776. The van der Waals surface area contributed by atoms with Gasteiger partial charge < -0.3 is 14.1 Å². The molecule has 0 amide bonds. The average Bonchev–Trinajstić information content (AvgIpc) is 3.05. The molecule has 20 heavy (non-hydrogen) atoms. The summed E-state index contributed by atoms with van der Waals surface area (Å²) in [5.74, 6) is 1.05. The molecule has 6 heteroatoms. The van der Waals surface area contributed by atoms with Crippen molar-refractivity contribution in [1.82, 2.24) is 9.97 Å². The van der Waals surface area contributed by atoms with E-state index in [4.69, 9.17) is 9.15 Å². The molecule has 0 bridgehead atoms. The molecule has 0 saturated heterocycles. The maximum atomic E-state index is 12.4. The minimum atomic E-state index is -1.25. The number of furan rings is 1. The van der Waals surface area contributed by atoms with Gasteiger partial charge in [0.05, 0.1) is 41.7 Å². The molecule has 0 aliphatic rings. The number of aromatic amines is 1. The first kappa shape index (κ1) is 12.9. The van der Waals surface area contributed by atoms with Crippen molar-refractivity contribution in [2.75, 3.05) is 7.11 Å². The molecule has 1 aromatic carbocycles. The third-order valence-electron chi connectivity index (χ3n) is 3.14. The van der Waals surface area contributed by atoms with Crippen LogP contribution < -0.4 is 4.74 Å².